The molecule has 0 fully saturated rings. The van der Waals surface area contributed by atoms with Crippen molar-refractivity contribution in [2.24, 2.45) is 5.10 Å². The Labute approximate surface area is 174 Å². The molecule has 2 N–H and O–H groups in total. The molecule has 3 rings (SSSR count). The second-order valence-corrected chi connectivity index (χ2v) is 7.66. The summed E-state index contributed by atoms with van der Waals surface area (Å²) in [7, 11) is 0. The highest BCUT2D eigenvalue weighted by atomic mass is 35.5. The minimum atomic E-state index is -1.01. The fraction of sp³-hybridized carbons (Fsp3) is 0.222. The van der Waals surface area contributed by atoms with Crippen molar-refractivity contribution < 1.29 is 14.5 Å². The van der Waals surface area contributed by atoms with E-state index in [1.54, 1.807) is 0 Å². The Morgan fingerprint density at radius 2 is 2.07 bits per heavy atom. The highest BCUT2D eigenvalue weighted by molar-refractivity contribution is 7.16. The summed E-state index contributed by atoms with van der Waals surface area (Å²) in [5, 5.41) is 26.5. The fourth-order valence-electron chi connectivity index (χ4n) is 2.90. The number of hydrazone groups is 1. The van der Waals surface area contributed by atoms with Crippen LogP contribution in [0.3, 0.4) is 0 Å². The van der Waals surface area contributed by atoms with Crippen molar-refractivity contribution in [3.63, 3.8) is 0 Å². The van der Waals surface area contributed by atoms with Crippen LogP contribution in [-0.2, 0) is 22.4 Å². The van der Waals surface area contributed by atoms with Gasteiger partial charge in [-0.3, -0.25) is 19.7 Å². The van der Waals surface area contributed by atoms with Crippen LogP contribution in [0.1, 0.15) is 34.4 Å². The molecule has 1 heterocycles. The van der Waals surface area contributed by atoms with Crippen LogP contribution in [0, 0.1) is 21.4 Å². The maximum Gasteiger partial charge on any atom is 0.329 e. The van der Waals surface area contributed by atoms with Gasteiger partial charge in [0.2, 0.25) is 0 Å². The summed E-state index contributed by atoms with van der Waals surface area (Å²) in [6.45, 7) is 0. The first-order valence-corrected chi connectivity index (χ1v) is 9.73. The molecule has 0 unspecified atom stereocenters. The second-order valence-electron chi connectivity index (χ2n) is 6.15. The number of amides is 2. The third-order valence-corrected chi connectivity index (χ3v) is 5.77. The minimum absolute atomic E-state index is 0.0753. The summed E-state index contributed by atoms with van der Waals surface area (Å²) in [6, 6.07) is 6.02. The molecule has 1 aliphatic carbocycles. The minimum Gasteiger partial charge on any atom is -0.308 e. The SMILES string of the molecule is N#Cc1c(NC(=O)C(=O)NN=Cc2ccc([N+](=O)[O-])c(Cl)c2)sc2c1CCCC2. The molecule has 1 aromatic heterocycles. The zero-order valence-electron chi connectivity index (χ0n) is 14.9. The number of nitro groups is 1. The number of nitrogens with one attached hydrogen (secondary N) is 2. The summed E-state index contributed by atoms with van der Waals surface area (Å²) in [4.78, 5) is 35.3. The molecule has 2 aromatic rings. The largest absolute Gasteiger partial charge is 0.329 e. The zero-order valence-corrected chi connectivity index (χ0v) is 16.5. The van der Waals surface area contributed by atoms with Gasteiger partial charge in [0.1, 0.15) is 16.1 Å². The van der Waals surface area contributed by atoms with E-state index in [1.165, 1.54) is 35.8 Å². The Hall–Kier alpha value is -3.29. The summed E-state index contributed by atoms with van der Waals surface area (Å²) >= 11 is 7.11. The summed E-state index contributed by atoms with van der Waals surface area (Å²) < 4.78 is 0. The number of aryl methyl sites for hydroxylation is 1. The number of carbonyl (C=O) groups is 2. The van der Waals surface area contributed by atoms with E-state index in [1.807, 2.05) is 0 Å². The molecular formula is C18H14ClN5O4S. The Kier molecular flexibility index (Phi) is 6.21. The van der Waals surface area contributed by atoms with Crippen LogP contribution in [0.4, 0.5) is 10.7 Å². The molecule has 0 bridgehead atoms. The molecule has 0 radical (unpaired) electrons. The predicted molar refractivity (Wildman–Crippen MR) is 108 cm³/mol. The number of rotatable bonds is 4. The van der Waals surface area contributed by atoms with Gasteiger partial charge in [0.25, 0.3) is 5.69 Å². The maximum absolute atomic E-state index is 12.1. The fourth-order valence-corrected chi connectivity index (χ4v) is 4.39. The van der Waals surface area contributed by atoms with Gasteiger partial charge >= 0.3 is 11.8 Å². The lowest BCUT2D eigenvalue weighted by Gasteiger charge is -2.09. The molecule has 2 amide bonds. The van der Waals surface area contributed by atoms with E-state index in [0.717, 1.165) is 36.1 Å². The molecule has 0 spiro atoms. The molecule has 11 heteroatoms. The quantitative estimate of drug-likeness (QED) is 0.331. The molecule has 148 valence electrons. The van der Waals surface area contributed by atoms with Crippen molar-refractivity contribution in [1.29, 1.82) is 5.26 Å². The van der Waals surface area contributed by atoms with E-state index in [0.29, 0.717) is 16.1 Å². The molecular weight excluding hydrogens is 418 g/mol. The number of anilines is 1. The zero-order chi connectivity index (χ0) is 21.0. The van der Waals surface area contributed by atoms with Crippen LogP contribution in [0.15, 0.2) is 23.3 Å². The number of halogens is 1. The third kappa shape index (κ3) is 4.59. The molecule has 29 heavy (non-hydrogen) atoms. The number of benzene rings is 1. The first kappa shape index (κ1) is 20.4. The summed E-state index contributed by atoms with van der Waals surface area (Å²) in [5.41, 5.74) is 3.58. The molecule has 0 saturated heterocycles. The van der Waals surface area contributed by atoms with Gasteiger partial charge in [0, 0.05) is 10.9 Å². The van der Waals surface area contributed by atoms with Gasteiger partial charge in [-0.1, -0.05) is 11.6 Å². The second kappa shape index (κ2) is 8.81. The molecule has 0 saturated carbocycles. The number of nitrogens with zero attached hydrogens (tertiary/aromatic N) is 3. The van der Waals surface area contributed by atoms with E-state index in [9.17, 15) is 25.0 Å². The molecule has 1 aromatic carbocycles. The van der Waals surface area contributed by atoms with Gasteiger partial charge in [-0.2, -0.15) is 10.4 Å². The third-order valence-electron chi connectivity index (χ3n) is 4.26. The van der Waals surface area contributed by atoms with Crippen molar-refractivity contribution in [1.82, 2.24) is 5.43 Å². The van der Waals surface area contributed by atoms with E-state index >= 15 is 0 Å². The van der Waals surface area contributed by atoms with Crippen molar-refractivity contribution in [2.75, 3.05) is 5.32 Å². The maximum atomic E-state index is 12.1. The standard InChI is InChI=1S/C18H14ClN5O4S/c19-13-7-10(5-6-14(13)24(27)28)9-21-23-17(26)16(25)22-18-12(8-20)11-3-1-2-4-15(11)29-18/h5-7,9H,1-4H2,(H,22,25)(H,23,26). The van der Waals surface area contributed by atoms with Gasteiger partial charge in [-0.15, -0.1) is 11.3 Å². The van der Waals surface area contributed by atoms with E-state index < -0.39 is 16.7 Å². The van der Waals surface area contributed by atoms with Gasteiger partial charge in [0.05, 0.1) is 16.7 Å². The van der Waals surface area contributed by atoms with E-state index in [4.69, 9.17) is 11.6 Å². The lowest BCUT2D eigenvalue weighted by Crippen LogP contribution is -2.32. The van der Waals surface area contributed by atoms with E-state index in [-0.39, 0.29) is 10.7 Å². The first-order valence-electron chi connectivity index (χ1n) is 8.53. The molecule has 0 atom stereocenters. The molecule has 0 aliphatic heterocycles. The van der Waals surface area contributed by atoms with Crippen LogP contribution in [0.5, 0.6) is 0 Å². The van der Waals surface area contributed by atoms with Crippen molar-refractivity contribution in [2.45, 2.75) is 25.7 Å². The van der Waals surface area contributed by atoms with Crippen LogP contribution in [-0.4, -0.2) is 23.0 Å². The Bertz CT molecular complexity index is 1070. The molecule has 1 aliphatic rings. The normalized spacial score (nSPS) is 12.8. The monoisotopic (exact) mass is 431 g/mol. The van der Waals surface area contributed by atoms with Gasteiger partial charge in [0.15, 0.2) is 0 Å². The number of nitriles is 1. The average molecular weight is 432 g/mol. The highest BCUT2D eigenvalue weighted by Gasteiger charge is 2.23. The summed E-state index contributed by atoms with van der Waals surface area (Å²) in [6.07, 6.45) is 4.88. The first-order chi connectivity index (χ1) is 13.9. The lowest BCUT2D eigenvalue weighted by molar-refractivity contribution is -0.384. The number of nitro benzene ring substituents is 1. The number of hydrogen-bond donors (Lipinski definition) is 2. The Morgan fingerprint density at radius 1 is 1.31 bits per heavy atom. The average Bonchev–Trinajstić information content (AvgIpc) is 3.04. The smallest absolute Gasteiger partial charge is 0.308 e. The predicted octanol–water partition coefficient (Wildman–Crippen LogP) is 3.15. The van der Waals surface area contributed by atoms with E-state index in [2.05, 4.69) is 21.9 Å². The van der Waals surface area contributed by atoms with Crippen molar-refractivity contribution in [3.05, 3.63) is 54.9 Å². The van der Waals surface area contributed by atoms with Crippen LogP contribution in [0.2, 0.25) is 5.02 Å². The van der Waals surface area contributed by atoms with Crippen LogP contribution in [0.25, 0.3) is 0 Å². The van der Waals surface area contributed by atoms with Crippen molar-refractivity contribution in [3.8, 4) is 6.07 Å². The Balaban J connectivity index is 1.63. The van der Waals surface area contributed by atoms with Gasteiger partial charge in [-0.25, -0.2) is 5.43 Å². The number of carbonyl (C=O) groups excluding carboxylic acids is 2. The number of fused-ring (bicyclic) bond motifs is 1. The summed E-state index contributed by atoms with van der Waals surface area (Å²) in [5.74, 6) is -1.96. The molecule has 9 nitrogen and oxygen atoms in total. The van der Waals surface area contributed by atoms with Gasteiger partial charge in [-0.05, 0) is 48.9 Å². The lowest BCUT2D eigenvalue weighted by atomic mass is 9.96. The topological polar surface area (TPSA) is 137 Å². The van der Waals surface area contributed by atoms with Crippen LogP contribution < -0.4 is 10.7 Å². The van der Waals surface area contributed by atoms with Crippen LogP contribution >= 0.6 is 22.9 Å². The number of hydrogen-bond acceptors (Lipinski definition) is 7. The number of thiophene rings is 1. The Morgan fingerprint density at radius 3 is 2.76 bits per heavy atom. The highest BCUT2D eigenvalue weighted by Crippen LogP contribution is 2.37. The van der Waals surface area contributed by atoms with Crippen molar-refractivity contribution >= 4 is 51.7 Å². The van der Waals surface area contributed by atoms with Gasteiger partial charge < -0.3 is 5.32 Å².